The number of hydrogen-bond acceptors (Lipinski definition) is 9. The third kappa shape index (κ3) is 4.68. The Bertz CT molecular complexity index is 1170. The zero-order chi connectivity index (χ0) is 29.3. The van der Waals surface area contributed by atoms with Crippen molar-refractivity contribution >= 4 is 11.9 Å². The Labute approximate surface area is 237 Å². The number of carbonyl (C=O) groups excluding carboxylic acids is 2. The number of piperidine rings is 1. The van der Waals surface area contributed by atoms with E-state index in [1.165, 1.54) is 5.56 Å². The molecule has 1 saturated carbocycles. The number of phenolic OH excluding ortho intramolecular Hbond substituents is 1. The molecule has 2 unspecified atom stereocenters. The van der Waals surface area contributed by atoms with Gasteiger partial charge >= 0.3 is 11.9 Å². The Morgan fingerprint density at radius 2 is 1.85 bits per heavy atom. The molecule has 1 spiro atoms. The number of carbonyl (C=O) groups is 2. The van der Waals surface area contributed by atoms with Crippen molar-refractivity contribution in [3.63, 3.8) is 0 Å². The Balaban J connectivity index is 1.48. The maximum Gasteiger partial charge on any atom is 0.323 e. The lowest BCUT2D eigenvalue weighted by molar-refractivity contribution is -0.204. The summed E-state index contributed by atoms with van der Waals surface area (Å²) in [6.45, 7) is 11.9. The minimum atomic E-state index is -0.728. The molecule has 2 aliphatic heterocycles. The van der Waals surface area contributed by atoms with Crippen LogP contribution in [0.1, 0.15) is 84.8 Å². The number of likely N-dealkylation sites (N-methyl/N-ethyl adjacent to an activating group) is 1. The number of benzene rings is 1. The van der Waals surface area contributed by atoms with E-state index in [1.807, 2.05) is 47.6 Å². The predicted molar refractivity (Wildman–Crippen MR) is 150 cm³/mol. The SMILES string of the molecule is CO[C@@]12CC[C@@H](N[C@@H](CCC(=O)OC(C)(C)C)C(=O)OC(C)(C)C)[C@@H]3Oc4c(O)ccc5c4C31CCN(C)C2C5. The fourth-order valence-electron chi connectivity index (χ4n) is 7.87. The normalized spacial score (nSPS) is 31.6. The second-order valence-electron chi connectivity index (χ2n) is 14.0. The number of rotatable bonds is 7. The molecule has 2 fully saturated rings. The van der Waals surface area contributed by atoms with Gasteiger partial charge < -0.3 is 29.0 Å². The van der Waals surface area contributed by atoms with Gasteiger partial charge in [0.15, 0.2) is 11.5 Å². The predicted octanol–water partition coefficient (Wildman–Crippen LogP) is 3.62. The molecular formula is C31H46N2O7. The number of likely N-dealkylation sites (tertiary alicyclic amines) is 1. The topological polar surface area (TPSA) is 107 Å². The van der Waals surface area contributed by atoms with Crippen molar-refractivity contribution in [1.82, 2.24) is 10.2 Å². The van der Waals surface area contributed by atoms with Crippen LogP contribution in [0.4, 0.5) is 0 Å². The highest BCUT2D eigenvalue weighted by molar-refractivity contribution is 5.78. The maximum atomic E-state index is 13.5. The smallest absolute Gasteiger partial charge is 0.323 e. The van der Waals surface area contributed by atoms with Gasteiger partial charge in [-0.3, -0.25) is 14.9 Å². The molecule has 6 atom stereocenters. The van der Waals surface area contributed by atoms with Crippen LogP contribution in [-0.2, 0) is 35.6 Å². The Hall–Kier alpha value is -2.36. The van der Waals surface area contributed by atoms with Gasteiger partial charge in [-0.15, -0.1) is 0 Å². The molecule has 2 heterocycles. The van der Waals surface area contributed by atoms with E-state index in [9.17, 15) is 14.7 Å². The first-order valence-electron chi connectivity index (χ1n) is 14.6. The number of esters is 2. The molecule has 0 radical (unpaired) electrons. The van der Waals surface area contributed by atoms with Crippen molar-refractivity contribution in [2.45, 2.75) is 127 Å². The summed E-state index contributed by atoms with van der Waals surface area (Å²) in [6.07, 6.45) is 3.10. The first-order valence-corrected chi connectivity index (χ1v) is 14.6. The summed E-state index contributed by atoms with van der Waals surface area (Å²) in [4.78, 5) is 28.4. The van der Waals surface area contributed by atoms with Gasteiger partial charge in [0, 0.05) is 31.2 Å². The van der Waals surface area contributed by atoms with Crippen molar-refractivity contribution < 1.29 is 33.6 Å². The monoisotopic (exact) mass is 558 g/mol. The first kappa shape index (κ1) is 29.1. The number of nitrogens with zero attached hydrogens (tertiary/aromatic N) is 1. The van der Waals surface area contributed by atoms with Gasteiger partial charge in [0.1, 0.15) is 23.3 Å². The molecule has 9 heteroatoms. The average Bonchev–Trinajstić information content (AvgIpc) is 3.20. The van der Waals surface area contributed by atoms with Crippen LogP contribution in [0.5, 0.6) is 11.5 Å². The summed E-state index contributed by atoms with van der Waals surface area (Å²) in [6, 6.07) is 2.98. The zero-order valence-electron chi connectivity index (χ0n) is 25.3. The van der Waals surface area contributed by atoms with Gasteiger partial charge in [0.2, 0.25) is 0 Å². The van der Waals surface area contributed by atoms with Gasteiger partial charge in [-0.2, -0.15) is 0 Å². The highest BCUT2D eigenvalue weighted by Gasteiger charge is 2.73. The summed E-state index contributed by atoms with van der Waals surface area (Å²) in [5, 5.41) is 14.5. The van der Waals surface area contributed by atoms with E-state index in [2.05, 4.69) is 17.3 Å². The molecule has 2 N–H and O–H groups in total. The average molecular weight is 559 g/mol. The van der Waals surface area contributed by atoms with Crippen LogP contribution in [0.15, 0.2) is 12.1 Å². The van der Waals surface area contributed by atoms with Gasteiger partial charge in [0.05, 0.1) is 11.0 Å². The van der Waals surface area contributed by atoms with Crippen LogP contribution in [0.25, 0.3) is 0 Å². The number of aromatic hydroxyl groups is 1. The van der Waals surface area contributed by atoms with E-state index in [1.54, 1.807) is 13.2 Å². The molecule has 0 aromatic heterocycles. The summed E-state index contributed by atoms with van der Waals surface area (Å²) in [5.74, 6) is -0.0745. The number of nitrogens with one attached hydrogen (secondary N) is 1. The lowest BCUT2D eigenvalue weighted by atomic mass is 9.48. The molecule has 0 amide bonds. The minimum absolute atomic E-state index is 0.0810. The first-order chi connectivity index (χ1) is 18.6. The van der Waals surface area contributed by atoms with Crippen molar-refractivity contribution in [2.75, 3.05) is 20.7 Å². The molecule has 222 valence electrons. The zero-order valence-corrected chi connectivity index (χ0v) is 25.3. The Kier molecular flexibility index (Phi) is 7.20. The standard InChI is InChI=1S/C31H46N2O7/c1-28(2,3)39-23(35)12-10-20(27(36)40-29(4,5)6)32-19-13-14-31(37-8)22-17-18-9-11-21(34)25-24(18)30(31,26(19)38-25)15-16-33(22)7/h9,11,19-20,22,26,32,34H,10,12-17H2,1-8H3/t19-,20+,22?,26+,30?,31-/m1/s1. The van der Waals surface area contributed by atoms with E-state index in [0.717, 1.165) is 31.4 Å². The molecule has 40 heavy (non-hydrogen) atoms. The summed E-state index contributed by atoms with van der Waals surface area (Å²) in [5.41, 5.74) is 0.0244. The number of phenols is 1. The lowest BCUT2D eigenvalue weighted by Crippen LogP contribution is -2.78. The fourth-order valence-corrected chi connectivity index (χ4v) is 7.87. The second kappa shape index (κ2) is 9.88. The third-order valence-corrected chi connectivity index (χ3v) is 9.22. The van der Waals surface area contributed by atoms with Crippen LogP contribution in [0, 0.1) is 0 Å². The van der Waals surface area contributed by atoms with Crippen LogP contribution < -0.4 is 10.1 Å². The van der Waals surface area contributed by atoms with Gasteiger partial charge in [-0.05, 0) is 98.9 Å². The quantitative estimate of drug-likeness (QED) is 0.485. The fraction of sp³-hybridized carbons (Fsp3) is 0.742. The van der Waals surface area contributed by atoms with Crippen molar-refractivity contribution in [2.24, 2.45) is 0 Å². The van der Waals surface area contributed by atoms with Crippen LogP contribution in [0.2, 0.25) is 0 Å². The van der Waals surface area contributed by atoms with Gasteiger partial charge in [-0.25, -0.2) is 0 Å². The third-order valence-electron chi connectivity index (χ3n) is 9.22. The summed E-state index contributed by atoms with van der Waals surface area (Å²) in [7, 11) is 3.96. The van der Waals surface area contributed by atoms with E-state index in [0.29, 0.717) is 12.2 Å². The molecule has 9 nitrogen and oxygen atoms in total. The minimum Gasteiger partial charge on any atom is -0.504 e. The second-order valence-corrected chi connectivity index (χ2v) is 14.0. The number of ether oxygens (including phenoxy) is 4. The van der Waals surface area contributed by atoms with E-state index < -0.39 is 34.2 Å². The van der Waals surface area contributed by atoms with Crippen LogP contribution in [-0.4, -0.2) is 83.7 Å². The van der Waals surface area contributed by atoms with E-state index >= 15 is 0 Å². The summed E-state index contributed by atoms with van der Waals surface area (Å²) < 4.78 is 24.5. The maximum absolute atomic E-state index is 13.5. The lowest BCUT2D eigenvalue weighted by Gasteiger charge is -2.65. The summed E-state index contributed by atoms with van der Waals surface area (Å²) >= 11 is 0. The Morgan fingerprint density at radius 3 is 2.50 bits per heavy atom. The van der Waals surface area contributed by atoms with Crippen molar-refractivity contribution in [3.8, 4) is 11.5 Å². The highest BCUT2D eigenvalue weighted by atomic mass is 16.6. The molecule has 4 aliphatic rings. The molecule has 2 aliphatic carbocycles. The molecule has 1 aromatic carbocycles. The largest absolute Gasteiger partial charge is 0.504 e. The molecule has 1 aromatic rings. The molecule has 1 saturated heterocycles. The van der Waals surface area contributed by atoms with E-state index in [4.69, 9.17) is 18.9 Å². The van der Waals surface area contributed by atoms with Gasteiger partial charge in [0.25, 0.3) is 0 Å². The van der Waals surface area contributed by atoms with Crippen LogP contribution in [0.3, 0.4) is 0 Å². The molecule has 5 rings (SSSR count). The highest BCUT2D eigenvalue weighted by Crippen LogP contribution is 2.66. The molecule has 2 bridgehead atoms. The van der Waals surface area contributed by atoms with Gasteiger partial charge in [-0.1, -0.05) is 6.07 Å². The van der Waals surface area contributed by atoms with Crippen molar-refractivity contribution in [3.05, 3.63) is 23.3 Å². The van der Waals surface area contributed by atoms with Crippen LogP contribution >= 0.6 is 0 Å². The number of methoxy groups -OCH3 is 1. The number of hydrogen-bond donors (Lipinski definition) is 2. The Morgan fingerprint density at radius 1 is 1.15 bits per heavy atom. The van der Waals surface area contributed by atoms with Crippen molar-refractivity contribution in [1.29, 1.82) is 0 Å². The van der Waals surface area contributed by atoms with E-state index in [-0.39, 0.29) is 42.7 Å². The molecular weight excluding hydrogens is 512 g/mol.